The van der Waals surface area contributed by atoms with Crippen molar-refractivity contribution in [1.29, 1.82) is 5.26 Å². The number of nitrogens with zero attached hydrogens (tertiary/aromatic N) is 2. The molecule has 98 valence electrons. The van der Waals surface area contributed by atoms with Crippen LogP contribution in [0.3, 0.4) is 0 Å². The topological polar surface area (TPSA) is 79.1 Å². The number of rotatable bonds is 8. The average molecular weight is 250 g/mol. The molecule has 0 aliphatic rings. The highest BCUT2D eigenvalue weighted by molar-refractivity contribution is 5.75. The molecule has 0 radical (unpaired) electrons. The second-order valence-electron chi connectivity index (χ2n) is 3.80. The van der Waals surface area contributed by atoms with E-state index in [9.17, 15) is 4.79 Å². The molecule has 18 heavy (non-hydrogen) atoms. The lowest BCUT2D eigenvalue weighted by molar-refractivity contribution is -0.121. The first-order valence-corrected chi connectivity index (χ1v) is 5.74. The monoisotopic (exact) mass is 250 g/mol. The molecule has 1 amide bonds. The van der Waals surface area contributed by atoms with Gasteiger partial charge in [-0.2, -0.15) is 5.26 Å². The summed E-state index contributed by atoms with van der Waals surface area (Å²) in [5, 5.41) is 14.1. The Hall–Kier alpha value is -1.84. The number of carbonyl (C=O) groups excluding carboxylic acids is 1. The van der Waals surface area contributed by atoms with E-state index in [1.807, 2.05) is 24.5 Å². The van der Waals surface area contributed by atoms with E-state index >= 15 is 0 Å². The first-order chi connectivity index (χ1) is 8.76. The van der Waals surface area contributed by atoms with Gasteiger partial charge in [-0.3, -0.25) is 4.79 Å². The molecule has 1 aromatic heterocycles. The molecule has 1 heterocycles. The Kier molecular flexibility index (Phi) is 6.54. The molecule has 0 aromatic carbocycles. The normalized spacial score (nSPS) is 10.0. The summed E-state index contributed by atoms with van der Waals surface area (Å²) in [5.41, 5.74) is 1.11. The molecule has 2 N–H and O–H groups in total. The number of methoxy groups -OCH3 is 1. The van der Waals surface area contributed by atoms with E-state index < -0.39 is 0 Å². The number of nitrogens with one attached hydrogen (secondary N) is 2. The molecular formula is C12H18N4O2. The minimum atomic E-state index is -0.161. The number of hydrogen-bond donors (Lipinski definition) is 2. The van der Waals surface area contributed by atoms with E-state index in [1.54, 1.807) is 11.7 Å². The summed E-state index contributed by atoms with van der Waals surface area (Å²) in [6.07, 6.45) is 3.76. The van der Waals surface area contributed by atoms with Crippen molar-refractivity contribution >= 4 is 5.91 Å². The van der Waals surface area contributed by atoms with Gasteiger partial charge in [0.05, 0.1) is 12.7 Å². The maximum absolute atomic E-state index is 11.4. The fourth-order valence-electron chi connectivity index (χ4n) is 1.46. The van der Waals surface area contributed by atoms with Gasteiger partial charge in [0, 0.05) is 32.6 Å². The fourth-order valence-corrected chi connectivity index (χ4v) is 1.46. The van der Waals surface area contributed by atoms with E-state index in [0.29, 0.717) is 6.61 Å². The minimum absolute atomic E-state index is 0.0472. The van der Waals surface area contributed by atoms with E-state index in [1.165, 1.54) is 0 Å². The highest BCUT2D eigenvalue weighted by atomic mass is 16.5. The Morgan fingerprint density at radius 3 is 3.17 bits per heavy atom. The van der Waals surface area contributed by atoms with Gasteiger partial charge in [0.2, 0.25) is 5.91 Å². The zero-order chi connectivity index (χ0) is 13.2. The van der Waals surface area contributed by atoms with Crippen LogP contribution in [0.4, 0.5) is 0 Å². The molecule has 0 spiro atoms. The Morgan fingerprint density at radius 1 is 1.61 bits per heavy atom. The summed E-state index contributed by atoms with van der Waals surface area (Å²) in [6, 6.07) is 3.82. The van der Waals surface area contributed by atoms with E-state index in [4.69, 9.17) is 10.00 Å². The largest absolute Gasteiger partial charge is 0.383 e. The second kappa shape index (κ2) is 8.28. The third kappa shape index (κ3) is 5.48. The van der Waals surface area contributed by atoms with Crippen LogP contribution in [0.2, 0.25) is 0 Å². The molecule has 6 nitrogen and oxygen atoms in total. The highest BCUT2D eigenvalue weighted by Crippen LogP contribution is 2.00. The third-order valence-corrected chi connectivity index (χ3v) is 2.31. The van der Waals surface area contributed by atoms with Crippen LogP contribution in [-0.4, -0.2) is 37.3 Å². The Morgan fingerprint density at radius 2 is 2.44 bits per heavy atom. The van der Waals surface area contributed by atoms with Gasteiger partial charge in [-0.05, 0) is 11.6 Å². The van der Waals surface area contributed by atoms with Crippen molar-refractivity contribution in [2.24, 2.45) is 0 Å². The quantitative estimate of drug-likeness (QED) is 0.497. The maximum atomic E-state index is 11.4. The van der Waals surface area contributed by atoms with Gasteiger partial charge in [0.15, 0.2) is 0 Å². The van der Waals surface area contributed by atoms with Gasteiger partial charge in [-0.15, -0.1) is 0 Å². The molecule has 0 fully saturated rings. The summed E-state index contributed by atoms with van der Waals surface area (Å²) in [4.78, 5) is 11.4. The standard InChI is InChI=1S/C12H18N4O2/c1-18-7-5-14-8-11-2-6-16(9-11)10-12(17)15-4-3-13/h2,6,9,14H,4-5,7-8,10H2,1H3,(H,15,17). The van der Waals surface area contributed by atoms with Gasteiger partial charge >= 0.3 is 0 Å². The number of aromatic nitrogens is 1. The highest BCUT2D eigenvalue weighted by Gasteiger charge is 2.02. The molecular weight excluding hydrogens is 232 g/mol. The van der Waals surface area contributed by atoms with E-state index in [2.05, 4.69) is 10.6 Å². The molecule has 0 aliphatic carbocycles. The first-order valence-electron chi connectivity index (χ1n) is 5.74. The SMILES string of the molecule is COCCNCc1ccn(CC(=O)NCC#N)c1. The minimum Gasteiger partial charge on any atom is -0.383 e. The number of nitriles is 1. The van der Waals surface area contributed by atoms with Crippen molar-refractivity contribution in [2.45, 2.75) is 13.1 Å². The lowest BCUT2D eigenvalue weighted by Crippen LogP contribution is -2.27. The Bertz CT molecular complexity index is 408. The molecule has 0 saturated carbocycles. The predicted molar refractivity (Wildman–Crippen MR) is 66.6 cm³/mol. The molecule has 0 atom stereocenters. The van der Waals surface area contributed by atoms with Crippen LogP contribution in [0, 0.1) is 11.3 Å². The zero-order valence-electron chi connectivity index (χ0n) is 10.5. The van der Waals surface area contributed by atoms with E-state index in [0.717, 1.165) is 18.7 Å². The fraction of sp³-hybridized carbons (Fsp3) is 0.500. The first kappa shape index (κ1) is 14.2. The van der Waals surface area contributed by atoms with Crippen LogP contribution in [0.25, 0.3) is 0 Å². The molecule has 0 bridgehead atoms. The Labute approximate surface area is 107 Å². The van der Waals surface area contributed by atoms with Crippen molar-refractivity contribution in [1.82, 2.24) is 15.2 Å². The van der Waals surface area contributed by atoms with Gasteiger partial charge in [-0.25, -0.2) is 0 Å². The van der Waals surface area contributed by atoms with Gasteiger partial charge in [-0.1, -0.05) is 0 Å². The molecule has 6 heteroatoms. The summed E-state index contributed by atoms with van der Waals surface area (Å²) < 4.78 is 6.72. The predicted octanol–water partition coefficient (Wildman–Crippen LogP) is -0.136. The average Bonchev–Trinajstić information content (AvgIpc) is 2.80. The number of amides is 1. The van der Waals surface area contributed by atoms with Gasteiger partial charge < -0.3 is 19.9 Å². The summed E-state index contributed by atoms with van der Waals surface area (Å²) in [6.45, 7) is 2.50. The lowest BCUT2D eigenvalue weighted by Gasteiger charge is -2.03. The van der Waals surface area contributed by atoms with Crippen molar-refractivity contribution in [2.75, 3.05) is 26.8 Å². The number of ether oxygens (including phenoxy) is 1. The van der Waals surface area contributed by atoms with Gasteiger partial charge in [0.25, 0.3) is 0 Å². The van der Waals surface area contributed by atoms with Crippen LogP contribution in [-0.2, 0) is 22.6 Å². The van der Waals surface area contributed by atoms with Crippen molar-refractivity contribution in [3.8, 4) is 6.07 Å². The summed E-state index contributed by atoms with van der Waals surface area (Å²) in [5.74, 6) is -0.161. The number of carbonyl (C=O) groups is 1. The molecule has 0 unspecified atom stereocenters. The van der Waals surface area contributed by atoms with Crippen LogP contribution >= 0.6 is 0 Å². The molecule has 0 saturated heterocycles. The number of hydrogen-bond acceptors (Lipinski definition) is 4. The molecule has 0 aliphatic heterocycles. The molecule has 1 aromatic rings. The third-order valence-electron chi connectivity index (χ3n) is 2.31. The van der Waals surface area contributed by atoms with Crippen molar-refractivity contribution in [3.63, 3.8) is 0 Å². The summed E-state index contributed by atoms with van der Waals surface area (Å²) in [7, 11) is 1.66. The van der Waals surface area contributed by atoms with Crippen LogP contribution in [0.15, 0.2) is 18.5 Å². The second-order valence-corrected chi connectivity index (χ2v) is 3.80. The van der Waals surface area contributed by atoms with Crippen molar-refractivity contribution in [3.05, 3.63) is 24.0 Å². The van der Waals surface area contributed by atoms with E-state index in [-0.39, 0.29) is 19.0 Å². The zero-order valence-corrected chi connectivity index (χ0v) is 10.5. The van der Waals surface area contributed by atoms with Crippen LogP contribution in [0.1, 0.15) is 5.56 Å². The lowest BCUT2D eigenvalue weighted by atomic mass is 10.3. The van der Waals surface area contributed by atoms with Crippen molar-refractivity contribution < 1.29 is 9.53 Å². The summed E-state index contributed by atoms with van der Waals surface area (Å²) >= 11 is 0. The molecule has 1 rings (SSSR count). The van der Waals surface area contributed by atoms with Crippen LogP contribution in [0.5, 0.6) is 0 Å². The smallest absolute Gasteiger partial charge is 0.240 e. The Balaban J connectivity index is 2.30. The van der Waals surface area contributed by atoms with Crippen LogP contribution < -0.4 is 10.6 Å². The van der Waals surface area contributed by atoms with Gasteiger partial charge in [0.1, 0.15) is 13.1 Å². The maximum Gasteiger partial charge on any atom is 0.240 e.